The van der Waals surface area contributed by atoms with Gasteiger partial charge in [-0.1, -0.05) is 0 Å². The van der Waals surface area contributed by atoms with Gasteiger partial charge in [0.25, 0.3) is 11.8 Å². The first-order valence-corrected chi connectivity index (χ1v) is 15.2. The minimum Gasteiger partial charge on any atom is -0.390 e. The number of nitrogens with one attached hydrogen (secondary N) is 2. The van der Waals surface area contributed by atoms with Gasteiger partial charge < -0.3 is 21.1 Å². The highest BCUT2D eigenvalue weighted by Gasteiger charge is 2.41. The zero-order chi connectivity index (χ0) is 28.6. The minimum atomic E-state index is -3.67. The number of nitrogens with two attached hydrogens (primary N) is 1. The molecule has 2 amide bonds. The van der Waals surface area contributed by atoms with Crippen molar-refractivity contribution >= 4 is 39.0 Å². The second kappa shape index (κ2) is 9.16. The van der Waals surface area contributed by atoms with Crippen molar-refractivity contribution in [1.29, 1.82) is 0 Å². The summed E-state index contributed by atoms with van der Waals surface area (Å²) in [6.07, 6.45) is 4.68. The second-order valence-corrected chi connectivity index (χ2v) is 13.5. The SMILES string of the molecule is CCS(=O)(=O)Nc1cc(-c2ccn3nc(N)c(C(=O)NC4CC(C)(O)C4)c3n2)cc2c1C(=O)N(C(C)C1CC1)C2. The Bertz CT molecular complexity index is 1650. The van der Waals surface area contributed by atoms with Crippen molar-refractivity contribution in [3.63, 3.8) is 0 Å². The van der Waals surface area contributed by atoms with Gasteiger partial charge in [-0.05, 0) is 76.1 Å². The molecule has 1 unspecified atom stereocenters. The molecule has 2 aliphatic carbocycles. The zero-order valence-corrected chi connectivity index (χ0v) is 23.5. The Morgan fingerprint density at radius 1 is 1.30 bits per heavy atom. The Morgan fingerprint density at radius 2 is 2.02 bits per heavy atom. The summed E-state index contributed by atoms with van der Waals surface area (Å²) in [5.74, 6) is -0.278. The molecule has 0 radical (unpaired) electrons. The lowest BCUT2D eigenvalue weighted by atomic mass is 9.77. The molecule has 12 nitrogen and oxygen atoms in total. The number of benzene rings is 1. The number of anilines is 2. The average Bonchev–Trinajstić information content (AvgIpc) is 3.59. The highest BCUT2D eigenvalue weighted by Crippen LogP contribution is 2.41. The van der Waals surface area contributed by atoms with E-state index in [-0.39, 0.29) is 46.5 Å². The number of sulfonamides is 1. The van der Waals surface area contributed by atoms with Gasteiger partial charge in [-0.25, -0.2) is 17.9 Å². The minimum absolute atomic E-state index is 0.0221. The topological polar surface area (TPSA) is 172 Å². The third kappa shape index (κ3) is 4.66. The number of nitrogens with zero attached hydrogens (tertiary/aromatic N) is 4. The Kier molecular flexibility index (Phi) is 6.07. The number of fused-ring (bicyclic) bond motifs is 2. The molecule has 1 atom stereocenters. The number of aromatic nitrogens is 3. The fourth-order valence-corrected chi connectivity index (χ4v) is 6.44. The van der Waals surface area contributed by atoms with Crippen molar-refractivity contribution in [2.45, 2.75) is 70.7 Å². The summed E-state index contributed by atoms with van der Waals surface area (Å²) >= 11 is 0. The molecule has 0 spiro atoms. The van der Waals surface area contributed by atoms with Crippen LogP contribution in [0.3, 0.4) is 0 Å². The van der Waals surface area contributed by atoms with Gasteiger partial charge in [-0.2, -0.15) is 0 Å². The van der Waals surface area contributed by atoms with Gasteiger partial charge in [0.1, 0.15) is 5.56 Å². The fraction of sp³-hybridized carbons (Fsp3) is 0.481. The number of amides is 2. The Morgan fingerprint density at radius 3 is 2.67 bits per heavy atom. The molecule has 5 N–H and O–H groups in total. The smallest absolute Gasteiger partial charge is 0.259 e. The van der Waals surface area contributed by atoms with Crippen LogP contribution in [0.5, 0.6) is 0 Å². The molecule has 13 heteroatoms. The van der Waals surface area contributed by atoms with Crippen LogP contribution in [0.25, 0.3) is 16.9 Å². The summed E-state index contributed by atoms with van der Waals surface area (Å²) < 4.78 is 29.2. The standard InChI is InChI=1S/C27H33N7O5S/c1-4-40(38,39)32-20-10-16(9-17-13-33(26(36)21(17)20)14(2)15-5-6-15)19-7-8-34-24(30-19)22(23(28)31-34)25(35)29-18-11-27(3,37)12-18/h7-10,14-15,18,32,37H,4-6,11-13H2,1-3H3,(H2,28,31)(H,29,35). The van der Waals surface area contributed by atoms with Crippen molar-refractivity contribution < 1.29 is 23.1 Å². The molecule has 1 aliphatic heterocycles. The molecule has 212 valence electrons. The van der Waals surface area contributed by atoms with Gasteiger partial charge in [0.05, 0.1) is 28.3 Å². The summed E-state index contributed by atoms with van der Waals surface area (Å²) in [6.45, 7) is 5.67. The summed E-state index contributed by atoms with van der Waals surface area (Å²) in [4.78, 5) is 33.1. The molecule has 2 saturated carbocycles. The predicted molar refractivity (Wildman–Crippen MR) is 149 cm³/mol. The normalized spacial score (nSPS) is 23.1. The highest BCUT2D eigenvalue weighted by atomic mass is 32.2. The number of rotatable bonds is 8. The average molecular weight is 568 g/mol. The number of aliphatic hydroxyl groups is 1. The van der Waals surface area contributed by atoms with Crippen molar-refractivity contribution in [2.75, 3.05) is 16.2 Å². The van der Waals surface area contributed by atoms with E-state index in [9.17, 15) is 23.1 Å². The summed E-state index contributed by atoms with van der Waals surface area (Å²) in [6, 6.07) is 5.05. The molecule has 3 aromatic rings. The van der Waals surface area contributed by atoms with E-state index in [2.05, 4.69) is 15.1 Å². The lowest BCUT2D eigenvalue weighted by molar-refractivity contribution is -0.0366. The number of carbonyl (C=O) groups excluding carboxylic acids is 2. The lowest BCUT2D eigenvalue weighted by Gasteiger charge is -2.41. The van der Waals surface area contributed by atoms with E-state index < -0.39 is 21.5 Å². The van der Waals surface area contributed by atoms with Crippen LogP contribution in [0.1, 0.15) is 72.7 Å². The molecule has 0 bridgehead atoms. The number of hydrogen-bond donors (Lipinski definition) is 4. The van der Waals surface area contributed by atoms with Gasteiger partial charge in [0, 0.05) is 30.4 Å². The Balaban J connectivity index is 1.39. The lowest BCUT2D eigenvalue weighted by Crippen LogP contribution is -2.53. The van der Waals surface area contributed by atoms with Crippen molar-refractivity contribution in [1.82, 2.24) is 24.8 Å². The van der Waals surface area contributed by atoms with Crippen molar-refractivity contribution in [3.8, 4) is 11.3 Å². The molecule has 40 heavy (non-hydrogen) atoms. The van der Waals surface area contributed by atoms with Crippen LogP contribution >= 0.6 is 0 Å². The number of nitrogen functional groups attached to an aromatic ring is 1. The van der Waals surface area contributed by atoms with E-state index in [1.54, 1.807) is 25.3 Å². The van der Waals surface area contributed by atoms with E-state index in [4.69, 9.17) is 10.7 Å². The molecule has 3 heterocycles. The van der Waals surface area contributed by atoms with E-state index in [0.717, 1.165) is 12.8 Å². The molecule has 1 aromatic carbocycles. The van der Waals surface area contributed by atoms with E-state index in [1.165, 1.54) is 11.4 Å². The summed E-state index contributed by atoms with van der Waals surface area (Å²) in [7, 11) is -3.67. The van der Waals surface area contributed by atoms with E-state index >= 15 is 0 Å². The molecular weight excluding hydrogens is 534 g/mol. The predicted octanol–water partition coefficient (Wildman–Crippen LogP) is 2.14. The Hall–Kier alpha value is -3.71. The largest absolute Gasteiger partial charge is 0.390 e. The van der Waals surface area contributed by atoms with Crippen molar-refractivity contribution in [3.05, 3.63) is 41.1 Å². The first kappa shape index (κ1) is 26.5. The first-order valence-electron chi connectivity index (χ1n) is 13.5. The van der Waals surface area contributed by atoms with Crippen LogP contribution in [-0.4, -0.2) is 68.3 Å². The third-order valence-electron chi connectivity index (χ3n) is 8.22. The fourth-order valence-electron chi connectivity index (χ4n) is 5.79. The van der Waals surface area contributed by atoms with Crippen LogP contribution in [0.15, 0.2) is 24.4 Å². The molecule has 6 rings (SSSR count). The van der Waals surface area contributed by atoms with Gasteiger partial charge in [-0.3, -0.25) is 14.3 Å². The third-order valence-corrected chi connectivity index (χ3v) is 9.51. The summed E-state index contributed by atoms with van der Waals surface area (Å²) in [5.41, 5.74) is 8.02. The molecule has 2 fully saturated rings. The van der Waals surface area contributed by atoms with Crippen LogP contribution < -0.4 is 15.8 Å². The molecule has 3 aliphatic rings. The molecular formula is C27H33N7O5S. The van der Waals surface area contributed by atoms with Gasteiger partial charge in [0.2, 0.25) is 10.0 Å². The van der Waals surface area contributed by atoms with E-state index in [1.807, 2.05) is 17.9 Å². The van der Waals surface area contributed by atoms with Crippen LogP contribution in [0.4, 0.5) is 11.5 Å². The second-order valence-electron chi connectivity index (χ2n) is 11.5. The van der Waals surface area contributed by atoms with E-state index in [0.29, 0.717) is 47.7 Å². The summed E-state index contributed by atoms with van der Waals surface area (Å²) in [5, 5.41) is 17.1. The highest BCUT2D eigenvalue weighted by molar-refractivity contribution is 7.92. The first-order chi connectivity index (χ1) is 18.9. The molecule has 2 aromatic heterocycles. The maximum Gasteiger partial charge on any atom is 0.259 e. The maximum absolute atomic E-state index is 13.5. The Labute approximate surface area is 232 Å². The number of hydrogen-bond acceptors (Lipinski definition) is 8. The monoisotopic (exact) mass is 567 g/mol. The quantitative estimate of drug-likeness (QED) is 0.320. The van der Waals surface area contributed by atoms with Crippen LogP contribution in [-0.2, 0) is 16.6 Å². The van der Waals surface area contributed by atoms with Gasteiger partial charge in [-0.15, -0.1) is 5.10 Å². The van der Waals surface area contributed by atoms with Gasteiger partial charge in [0.15, 0.2) is 11.5 Å². The zero-order valence-electron chi connectivity index (χ0n) is 22.6. The van der Waals surface area contributed by atoms with Crippen LogP contribution in [0, 0.1) is 5.92 Å². The molecule has 0 saturated heterocycles. The maximum atomic E-state index is 13.5. The van der Waals surface area contributed by atoms with Gasteiger partial charge >= 0.3 is 0 Å². The van der Waals surface area contributed by atoms with Crippen molar-refractivity contribution in [2.24, 2.45) is 5.92 Å². The number of carbonyl (C=O) groups is 2. The van der Waals surface area contributed by atoms with Crippen LogP contribution in [0.2, 0.25) is 0 Å².